The van der Waals surface area contributed by atoms with Gasteiger partial charge >= 0.3 is 0 Å². The van der Waals surface area contributed by atoms with Crippen LogP contribution in [-0.2, 0) is 0 Å². The number of carbonyl (C=O) groups excluding carboxylic acids is 1. The van der Waals surface area contributed by atoms with Crippen molar-refractivity contribution in [1.29, 1.82) is 0 Å². The lowest BCUT2D eigenvalue weighted by atomic mass is 10.1. The number of nitrogens with one attached hydrogen (secondary N) is 1. The number of anilines is 1. The van der Waals surface area contributed by atoms with E-state index in [-0.39, 0.29) is 11.5 Å². The lowest BCUT2D eigenvalue weighted by Crippen LogP contribution is -2.22. The Labute approximate surface area is 172 Å². The van der Waals surface area contributed by atoms with Crippen LogP contribution in [0.3, 0.4) is 0 Å². The Morgan fingerprint density at radius 2 is 1.93 bits per heavy atom. The quantitative estimate of drug-likeness (QED) is 0.469. The van der Waals surface area contributed by atoms with Crippen LogP contribution >= 0.6 is 11.8 Å². The molecular weight excluding hydrogens is 382 g/mol. The average molecular weight is 401 g/mol. The van der Waals surface area contributed by atoms with E-state index < -0.39 is 0 Å². The summed E-state index contributed by atoms with van der Waals surface area (Å²) in [4.78, 5) is 22.9. The monoisotopic (exact) mass is 401 g/mol. The van der Waals surface area contributed by atoms with Crippen molar-refractivity contribution < 1.29 is 9.21 Å². The summed E-state index contributed by atoms with van der Waals surface area (Å²) in [5.74, 6) is 0.153. The van der Waals surface area contributed by atoms with Crippen molar-refractivity contribution in [2.45, 2.75) is 11.8 Å². The third-order valence-electron chi connectivity index (χ3n) is 4.34. The molecule has 0 bridgehead atoms. The number of para-hydroxylation sites is 1. The number of amides is 1. The maximum Gasteiger partial charge on any atom is 0.262 e. The maximum atomic E-state index is 13.0. The summed E-state index contributed by atoms with van der Waals surface area (Å²) in [6.07, 6.45) is 3.71. The Balaban J connectivity index is 1.82. The smallest absolute Gasteiger partial charge is 0.262 e. The van der Waals surface area contributed by atoms with Crippen LogP contribution in [0.15, 0.2) is 87.2 Å². The van der Waals surface area contributed by atoms with Gasteiger partial charge < -0.3 is 9.73 Å². The van der Waals surface area contributed by atoms with Crippen LogP contribution in [0, 0.1) is 6.92 Å². The summed E-state index contributed by atoms with van der Waals surface area (Å²) in [5, 5.41) is 3.65. The summed E-state index contributed by atoms with van der Waals surface area (Å²) in [6, 6.07) is 20.8. The van der Waals surface area contributed by atoms with Crippen LogP contribution in [0.2, 0.25) is 0 Å². The molecule has 0 saturated heterocycles. The largest absolute Gasteiger partial charge is 0.438 e. The van der Waals surface area contributed by atoms with E-state index in [1.807, 2.05) is 67.8 Å². The molecule has 0 fully saturated rings. The minimum absolute atomic E-state index is 0.256. The van der Waals surface area contributed by atoms with Crippen molar-refractivity contribution in [1.82, 2.24) is 4.98 Å². The van der Waals surface area contributed by atoms with Gasteiger partial charge in [0.2, 0.25) is 5.55 Å². The van der Waals surface area contributed by atoms with Crippen LogP contribution in [0.4, 0.5) is 11.5 Å². The number of thioether (sulfide) groups is 1. The van der Waals surface area contributed by atoms with Gasteiger partial charge in [0, 0.05) is 16.5 Å². The molecule has 2 aromatic heterocycles. The molecule has 0 radical (unpaired) electrons. The lowest BCUT2D eigenvalue weighted by Gasteiger charge is -2.07. The highest BCUT2D eigenvalue weighted by molar-refractivity contribution is 7.98. The number of hydrogen-bond acceptors (Lipinski definition) is 5. The molecule has 4 aromatic rings. The first kappa shape index (κ1) is 19.0. The molecule has 5 nitrogen and oxygen atoms in total. The Hall–Kier alpha value is -3.38. The normalized spacial score (nSPS) is 11.6. The summed E-state index contributed by atoms with van der Waals surface area (Å²) < 4.78 is 5.99. The maximum absolute atomic E-state index is 13.0. The molecular formula is C23H19N3O2S. The SMILES string of the molecule is CSc1cccc(N=c2oc3ccccc3cc2C(=O)Nc2ccc(C)cn2)c1. The van der Waals surface area contributed by atoms with Gasteiger partial charge in [0.15, 0.2) is 0 Å². The fourth-order valence-corrected chi connectivity index (χ4v) is 3.29. The number of rotatable bonds is 4. The predicted molar refractivity (Wildman–Crippen MR) is 117 cm³/mol. The van der Waals surface area contributed by atoms with Gasteiger partial charge in [0.25, 0.3) is 5.91 Å². The van der Waals surface area contributed by atoms with Crippen molar-refractivity contribution >= 4 is 40.1 Å². The van der Waals surface area contributed by atoms with Gasteiger partial charge in [-0.2, -0.15) is 0 Å². The molecule has 144 valence electrons. The Morgan fingerprint density at radius 3 is 2.72 bits per heavy atom. The topological polar surface area (TPSA) is 67.5 Å². The first-order valence-corrected chi connectivity index (χ1v) is 10.3. The predicted octanol–water partition coefficient (Wildman–Crippen LogP) is 5.34. The molecule has 0 atom stereocenters. The first-order chi connectivity index (χ1) is 14.1. The van der Waals surface area contributed by atoms with Gasteiger partial charge in [-0.1, -0.05) is 30.3 Å². The number of benzene rings is 2. The highest BCUT2D eigenvalue weighted by atomic mass is 32.2. The number of fused-ring (bicyclic) bond motifs is 1. The molecule has 0 spiro atoms. The van der Waals surface area contributed by atoms with Crippen molar-refractivity contribution in [3.8, 4) is 0 Å². The second-order valence-corrected chi connectivity index (χ2v) is 7.37. The summed E-state index contributed by atoms with van der Waals surface area (Å²) in [7, 11) is 0. The molecule has 0 unspecified atom stereocenters. The second kappa shape index (κ2) is 8.32. The molecule has 0 aliphatic heterocycles. The zero-order valence-corrected chi connectivity index (χ0v) is 16.9. The van der Waals surface area contributed by atoms with Crippen LogP contribution < -0.4 is 10.9 Å². The minimum Gasteiger partial charge on any atom is -0.438 e. The van der Waals surface area contributed by atoms with E-state index in [1.165, 1.54) is 0 Å². The van der Waals surface area contributed by atoms with Crippen LogP contribution in [-0.4, -0.2) is 17.1 Å². The van der Waals surface area contributed by atoms with E-state index >= 15 is 0 Å². The number of aromatic nitrogens is 1. The van der Waals surface area contributed by atoms with E-state index in [0.717, 1.165) is 21.5 Å². The lowest BCUT2D eigenvalue weighted by molar-refractivity contribution is 0.102. The fourth-order valence-electron chi connectivity index (χ4n) is 2.84. The van der Waals surface area contributed by atoms with Crippen LogP contribution in [0.1, 0.15) is 15.9 Å². The van der Waals surface area contributed by atoms with Crippen molar-refractivity contribution in [3.05, 3.63) is 89.6 Å². The number of nitrogens with zero attached hydrogens (tertiary/aromatic N) is 2. The standard InChI is InChI=1S/C23H19N3O2S/c1-15-10-11-21(24-14-15)26-22(27)19-12-16-6-3-4-9-20(16)28-23(19)25-17-7-5-8-18(13-17)29-2/h3-14H,1-2H3,(H,24,26,27). The Kier molecular flexibility index (Phi) is 5.44. The average Bonchev–Trinajstić information content (AvgIpc) is 2.75. The molecule has 1 amide bonds. The van der Waals surface area contributed by atoms with Crippen LogP contribution in [0.25, 0.3) is 11.0 Å². The Bertz CT molecular complexity index is 1250. The van der Waals surface area contributed by atoms with Crippen molar-refractivity contribution in [2.75, 3.05) is 11.6 Å². The number of hydrogen-bond donors (Lipinski definition) is 1. The summed E-state index contributed by atoms with van der Waals surface area (Å²) in [6.45, 7) is 1.94. The number of aryl methyl sites for hydroxylation is 1. The van der Waals surface area contributed by atoms with Gasteiger partial charge in [-0.15, -0.1) is 11.8 Å². The highest BCUT2D eigenvalue weighted by Crippen LogP contribution is 2.21. The summed E-state index contributed by atoms with van der Waals surface area (Å²) >= 11 is 1.63. The van der Waals surface area contributed by atoms with E-state index in [4.69, 9.17) is 4.42 Å². The van der Waals surface area contributed by atoms with Crippen LogP contribution in [0.5, 0.6) is 0 Å². The van der Waals surface area contributed by atoms with E-state index in [0.29, 0.717) is 17.0 Å². The number of pyridine rings is 1. The van der Waals surface area contributed by atoms with E-state index in [2.05, 4.69) is 15.3 Å². The molecule has 0 aliphatic carbocycles. The number of carbonyl (C=O) groups is 1. The van der Waals surface area contributed by atoms with Gasteiger partial charge in [-0.3, -0.25) is 4.79 Å². The zero-order valence-electron chi connectivity index (χ0n) is 16.0. The molecule has 2 aromatic carbocycles. The fraction of sp³-hybridized carbons (Fsp3) is 0.0870. The molecule has 0 aliphatic rings. The van der Waals surface area contributed by atoms with Gasteiger partial charge in [-0.25, -0.2) is 9.98 Å². The van der Waals surface area contributed by atoms with Crippen molar-refractivity contribution in [2.24, 2.45) is 4.99 Å². The molecule has 1 N–H and O–H groups in total. The minimum atomic E-state index is -0.323. The van der Waals surface area contributed by atoms with E-state index in [1.54, 1.807) is 30.1 Å². The van der Waals surface area contributed by atoms with Gasteiger partial charge in [0.05, 0.1) is 5.69 Å². The molecule has 29 heavy (non-hydrogen) atoms. The summed E-state index contributed by atoms with van der Waals surface area (Å²) in [5.41, 5.74) is 3.01. The molecule has 6 heteroatoms. The zero-order chi connectivity index (χ0) is 20.2. The first-order valence-electron chi connectivity index (χ1n) is 9.08. The van der Waals surface area contributed by atoms with Gasteiger partial charge in [0.1, 0.15) is 17.0 Å². The Morgan fingerprint density at radius 1 is 1.07 bits per heavy atom. The molecule has 0 saturated carbocycles. The molecule has 4 rings (SSSR count). The third kappa shape index (κ3) is 4.38. The highest BCUT2D eigenvalue weighted by Gasteiger charge is 2.13. The third-order valence-corrected chi connectivity index (χ3v) is 5.06. The van der Waals surface area contributed by atoms with E-state index in [9.17, 15) is 4.79 Å². The van der Waals surface area contributed by atoms with Crippen molar-refractivity contribution in [3.63, 3.8) is 0 Å². The second-order valence-electron chi connectivity index (χ2n) is 6.49. The van der Waals surface area contributed by atoms with Gasteiger partial charge in [-0.05, 0) is 55.1 Å². The molecule has 2 heterocycles.